The topological polar surface area (TPSA) is 70.0 Å². The highest BCUT2D eigenvalue weighted by Gasteiger charge is 2.26. The molecule has 28 heavy (non-hydrogen) atoms. The van der Waals surface area contributed by atoms with Gasteiger partial charge in [-0.05, 0) is 36.8 Å². The van der Waals surface area contributed by atoms with Gasteiger partial charge in [0.1, 0.15) is 11.9 Å². The Bertz CT molecular complexity index is 995. The number of nitrogens with zero attached hydrogens (tertiary/aromatic N) is 2. The van der Waals surface area contributed by atoms with Gasteiger partial charge in [-0.3, -0.25) is 9.59 Å². The zero-order valence-electron chi connectivity index (χ0n) is 15.9. The van der Waals surface area contributed by atoms with Gasteiger partial charge in [0.2, 0.25) is 12.7 Å². The highest BCUT2D eigenvalue weighted by molar-refractivity contribution is 5.92. The SMILES string of the molecule is Cc1cc(OC2CCN(C(=O)/C=C/c3ccc4c(c3)OCO4)C2)cc(=O)n1C. The van der Waals surface area contributed by atoms with E-state index in [4.69, 9.17) is 14.2 Å². The first-order valence-electron chi connectivity index (χ1n) is 9.20. The van der Waals surface area contributed by atoms with Gasteiger partial charge < -0.3 is 23.7 Å². The molecule has 1 fully saturated rings. The molecule has 1 aromatic heterocycles. The molecule has 3 heterocycles. The summed E-state index contributed by atoms with van der Waals surface area (Å²) in [4.78, 5) is 26.1. The lowest BCUT2D eigenvalue weighted by Crippen LogP contribution is -2.29. The third kappa shape index (κ3) is 3.74. The maximum absolute atomic E-state index is 12.5. The summed E-state index contributed by atoms with van der Waals surface area (Å²) in [6.07, 6.45) is 3.94. The number of aryl methyl sites for hydroxylation is 1. The number of hydrogen-bond acceptors (Lipinski definition) is 5. The van der Waals surface area contributed by atoms with Crippen LogP contribution in [0.2, 0.25) is 0 Å². The molecule has 0 aliphatic carbocycles. The second-order valence-electron chi connectivity index (χ2n) is 6.99. The van der Waals surface area contributed by atoms with Crippen LogP contribution < -0.4 is 19.8 Å². The molecular weight excluding hydrogens is 360 g/mol. The van der Waals surface area contributed by atoms with Crippen molar-refractivity contribution in [2.75, 3.05) is 19.9 Å². The van der Waals surface area contributed by atoms with Gasteiger partial charge in [0.05, 0.1) is 6.54 Å². The molecule has 4 rings (SSSR count). The van der Waals surface area contributed by atoms with Gasteiger partial charge in [-0.2, -0.15) is 0 Å². The van der Waals surface area contributed by atoms with Crippen LogP contribution in [0.5, 0.6) is 17.2 Å². The van der Waals surface area contributed by atoms with Crippen molar-refractivity contribution in [3.63, 3.8) is 0 Å². The fourth-order valence-electron chi connectivity index (χ4n) is 3.31. The maximum atomic E-state index is 12.5. The highest BCUT2D eigenvalue weighted by Crippen LogP contribution is 2.32. The van der Waals surface area contributed by atoms with E-state index < -0.39 is 0 Å². The van der Waals surface area contributed by atoms with E-state index in [1.807, 2.05) is 31.2 Å². The van der Waals surface area contributed by atoms with Gasteiger partial charge in [-0.1, -0.05) is 6.07 Å². The zero-order valence-corrected chi connectivity index (χ0v) is 15.9. The van der Waals surface area contributed by atoms with Crippen molar-refractivity contribution in [3.8, 4) is 17.2 Å². The van der Waals surface area contributed by atoms with E-state index >= 15 is 0 Å². The Hall–Kier alpha value is -3.22. The first-order valence-corrected chi connectivity index (χ1v) is 9.20. The van der Waals surface area contributed by atoms with Crippen molar-refractivity contribution in [2.45, 2.75) is 19.4 Å². The van der Waals surface area contributed by atoms with Crippen LogP contribution in [-0.2, 0) is 11.8 Å². The van der Waals surface area contributed by atoms with E-state index in [0.29, 0.717) is 30.3 Å². The zero-order chi connectivity index (χ0) is 19.7. The van der Waals surface area contributed by atoms with Crippen molar-refractivity contribution in [3.05, 3.63) is 58.0 Å². The summed E-state index contributed by atoms with van der Waals surface area (Å²) in [6, 6.07) is 8.88. The Labute approximate surface area is 162 Å². The number of rotatable bonds is 4. The van der Waals surface area contributed by atoms with E-state index in [1.54, 1.807) is 28.7 Å². The lowest BCUT2D eigenvalue weighted by molar-refractivity contribution is -0.125. The smallest absolute Gasteiger partial charge is 0.254 e. The number of amides is 1. The number of pyridine rings is 1. The molecule has 0 spiro atoms. The van der Waals surface area contributed by atoms with Crippen molar-refractivity contribution in [2.24, 2.45) is 7.05 Å². The molecule has 0 radical (unpaired) electrons. The molecule has 0 saturated carbocycles. The fourth-order valence-corrected chi connectivity index (χ4v) is 3.31. The van der Waals surface area contributed by atoms with Gasteiger partial charge in [0.15, 0.2) is 11.5 Å². The van der Waals surface area contributed by atoms with Crippen LogP contribution in [0.1, 0.15) is 17.7 Å². The predicted octanol–water partition coefficient (Wildman–Crippen LogP) is 2.12. The number of carbonyl (C=O) groups is 1. The average molecular weight is 382 g/mol. The minimum Gasteiger partial charge on any atom is -0.488 e. The monoisotopic (exact) mass is 382 g/mol. The quantitative estimate of drug-likeness (QED) is 0.758. The molecule has 2 aliphatic heterocycles. The van der Waals surface area contributed by atoms with Gasteiger partial charge >= 0.3 is 0 Å². The van der Waals surface area contributed by atoms with Crippen LogP contribution in [0.25, 0.3) is 6.08 Å². The minimum absolute atomic E-state index is 0.0658. The summed E-state index contributed by atoms with van der Waals surface area (Å²) in [6.45, 7) is 3.21. The van der Waals surface area contributed by atoms with Crippen LogP contribution in [-0.4, -0.2) is 41.4 Å². The molecule has 1 amide bonds. The van der Waals surface area contributed by atoms with Crippen molar-refractivity contribution >= 4 is 12.0 Å². The van der Waals surface area contributed by atoms with E-state index in [2.05, 4.69) is 0 Å². The molecule has 7 heteroatoms. The number of carbonyl (C=O) groups excluding carboxylic acids is 1. The Morgan fingerprint density at radius 2 is 2.04 bits per heavy atom. The molecule has 0 N–H and O–H groups in total. The minimum atomic E-state index is -0.116. The van der Waals surface area contributed by atoms with E-state index in [9.17, 15) is 9.59 Å². The van der Waals surface area contributed by atoms with Crippen LogP contribution in [0.4, 0.5) is 0 Å². The van der Waals surface area contributed by atoms with Gasteiger partial charge in [0, 0.05) is 37.8 Å². The van der Waals surface area contributed by atoms with Crippen LogP contribution >= 0.6 is 0 Å². The van der Waals surface area contributed by atoms with E-state index in [0.717, 1.165) is 17.7 Å². The number of likely N-dealkylation sites (tertiary alicyclic amines) is 1. The Balaban J connectivity index is 1.36. The molecule has 146 valence electrons. The maximum Gasteiger partial charge on any atom is 0.254 e. The predicted molar refractivity (Wildman–Crippen MR) is 104 cm³/mol. The van der Waals surface area contributed by atoms with Crippen molar-refractivity contribution in [1.29, 1.82) is 0 Å². The number of aromatic nitrogens is 1. The molecule has 1 atom stereocenters. The molecule has 1 saturated heterocycles. The largest absolute Gasteiger partial charge is 0.488 e. The second-order valence-corrected chi connectivity index (χ2v) is 6.99. The Morgan fingerprint density at radius 1 is 1.21 bits per heavy atom. The normalized spacial score (nSPS) is 18.1. The lowest BCUT2D eigenvalue weighted by atomic mass is 10.2. The Morgan fingerprint density at radius 3 is 2.86 bits per heavy atom. The van der Waals surface area contributed by atoms with Crippen LogP contribution in [0.3, 0.4) is 0 Å². The molecule has 2 aliphatic rings. The van der Waals surface area contributed by atoms with Crippen LogP contribution in [0.15, 0.2) is 41.2 Å². The third-order valence-corrected chi connectivity index (χ3v) is 5.05. The molecule has 2 aromatic rings. The first kappa shape index (κ1) is 18.2. The second kappa shape index (κ2) is 7.42. The first-order chi connectivity index (χ1) is 13.5. The fraction of sp³-hybridized carbons (Fsp3) is 0.333. The van der Waals surface area contributed by atoms with Gasteiger partial charge in [-0.25, -0.2) is 0 Å². The van der Waals surface area contributed by atoms with Crippen molar-refractivity contribution < 1.29 is 19.0 Å². The van der Waals surface area contributed by atoms with E-state index in [-0.39, 0.29) is 24.4 Å². The standard InChI is InChI=1S/C21H22N2O5/c1-14-9-17(11-21(25)22(14)2)28-16-7-8-23(12-16)20(24)6-4-15-3-5-18-19(10-15)27-13-26-18/h3-6,9-11,16H,7-8,12-13H2,1-2H3/b6-4+. The summed E-state index contributed by atoms with van der Waals surface area (Å²) in [5, 5.41) is 0. The van der Waals surface area contributed by atoms with E-state index in [1.165, 1.54) is 6.07 Å². The molecule has 1 aromatic carbocycles. The molecule has 1 unspecified atom stereocenters. The summed E-state index contributed by atoms with van der Waals surface area (Å²) >= 11 is 0. The summed E-state index contributed by atoms with van der Waals surface area (Å²) in [7, 11) is 1.73. The Kier molecular flexibility index (Phi) is 4.81. The molecule has 0 bridgehead atoms. The summed E-state index contributed by atoms with van der Waals surface area (Å²) in [5.74, 6) is 1.89. The van der Waals surface area contributed by atoms with Crippen molar-refractivity contribution in [1.82, 2.24) is 9.47 Å². The van der Waals surface area contributed by atoms with Crippen LogP contribution in [0, 0.1) is 6.92 Å². The average Bonchev–Trinajstić information content (AvgIpc) is 3.33. The molecular formula is C21H22N2O5. The highest BCUT2D eigenvalue weighted by atomic mass is 16.7. The van der Waals surface area contributed by atoms with Gasteiger partial charge in [0.25, 0.3) is 5.56 Å². The number of ether oxygens (including phenoxy) is 3. The lowest BCUT2D eigenvalue weighted by Gasteiger charge is -2.16. The number of fused-ring (bicyclic) bond motifs is 1. The summed E-state index contributed by atoms with van der Waals surface area (Å²) in [5.41, 5.74) is 1.60. The number of hydrogen-bond donors (Lipinski definition) is 0. The third-order valence-electron chi connectivity index (χ3n) is 5.05. The number of benzene rings is 1. The van der Waals surface area contributed by atoms with Gasteiger partial charge in [-0.15, -0.1) is 0 Å². The summed E-state index contributed by atoms with van der Waals surface area (Å²) < 4.78 is 18.1. The molecule has 7 nitrogen and oxygen atoms in total.